The predicted molar refractivity (Wildman–Crippen MR) is 44.9 cm³/mol. The van der Waals surface area contributed by atoms with E-state index in [1.807, 2.05) is 6.92 Å². The molecule has 0 saturated carbocycles. The van der Waals surface area contributed by atoms with Gasteiger partial charge in [-0.2, -0.15) is 0 Å². The molecule has 0 aromatic carbocycles. The molecular weight excluding hydrogens is 197 g/mol. The van der Waals surface area contributed by atoms with E-state index in [4.69, 9.17) is 15.2 Å². The van der Waals surface area contributed by atoms with E-state index in [0.29, 0.717) is 19.8 Å². The van der Waals surface area contributed by atoms with Gasteiger partial charge in [-0.1, -0.05) is 0 Å². The van der Waals surface area contributed by atoms with E-state index in [-0.39, 0.29) is 48.6 Å². The Hall–Kier alpha value is 0.350. The van der Waals surface area contributed by atoms with Gasteiger partial charge in [-0.25, -0.2) is 0 Å². The molecule has 0 heterocycles. The van der Waals surface area contributed by atoms with E-state index in [1.54, 1.807) is 0 Å². The second-order valence-corrected chi connectivity index (χ2v) is 2.79. The number of hydrogen-bond acceptors (Lipinski definition) is 5. The third-order valence-electron chi connectivity index (χ3n) is 1.20. The molecule has 78 valence electrons. The van der Waals surface area contributed by atoms with Crippen LogP contribution in [0.25, 0.3) is 0 Å². The summed E-state index contributed by atoms with van der Waals surface area (Å²) in [5.41, 5.74) is 5.42. The molecule has 0 amide bonds. The summed E-state index contributed by atoms with van der Waals surface area (Å²) >= 11 is 0. The van der Waals surface area contributed by atoms with Crippen molar-refractivity contribution in [1.29, 1.82) is 0 Å². The molecule has 0 rings (SSSR count). The van der Waals surface area contributed by atoms with Gasteiger partial charge in [0.1, 0.15) is 0 Å². The normalized spacial score (nSPS) is 11.9. The fraction of sp³-hybridized carbons (Fsp3) is 0.875. The van der Waals surface area contributed by atoms with Crippen LogP contribution in [0.3, 0.4) is 0 Å². The smallest absolute Gasteiger partial charge is 0.550 e. The molecular formula is C8H16NNaO4. The SMILES string of the molecule is CC(N)COCCOCCC(=O)[O-].[Na+]. The van der Waals surface area contributed by atoms with Crippen LogP contribution in [0.4, 0.5) is 0 Å². The molecule has 0 aliphatic carbocycles. The zero-order chi connectivity index (χ0) is 10.1. The van der Waals surface area contributed by atoms with Crippen LogP contribution in [0.15, 0.2) is 0 Å². The summed E-state index contributed by atoms with van der Waals surface area (Å²) in [5, 5.41) is 9.94. The van der Waals surface area contributed by atoms with E-state index in [2.05, 4.69) is 0 Å². The molecule has 0 aromatic rings. The number of carboxylic acid groups (broad SMARTS) is 1. The molecule has 6 heteroatoms. The first kappa shape index (κ1) is 16.8. The Kier molecular flexibility index (Phi) is 13.7. The largest absolute Gasteiger partial charge is 1.00 e. The molecule has 0 fully saturated rings. The van der Waals surface area contributed by atoms with Crippen molar-refractivity contribution in [3.8, 4) is 0 Å². The number of carboxylic acids is 1. The number of aliphatic carboxylic acids is 1. The van der Waals surface area contributed by atoms with Crippen LogP contribution >= 0.6 is 0 Å². The number of ether oxygens (including phenoxy) is 2. The third kappa shape index (κ3) is 14.9. The Morgan fingerprint density at radius 1 is 1.36 bits per heavy atom. The topological polar surface area (TPSA) is 84.6 Å². The van der Waals surface area contributed by atoms with Crippen LogP contribution < -0.4 is 40.4 Å². The second kappa shape index (κ2) is 11.4. The van der Waals surface area contributed by atoms with Crippen LogP contribution in [0.2, 0.25) is 0 Å². The quantitative estimate of drug-likeness (QED) is 0.324. The van der Waals surface area contributed by atoms with E-state index in [9.17, 15) is 9.90 Å². The summed E-state index contributed by atoms with van der Waals surface area (Å²) in [6.07, 6.45) is -0.0761. The van der Waals surface area contributed by atoms with Gasteiger partial charge in [-0.3, -0.25) is 0 Å². The Morgan fingerprint density at radius 3 is 2.43 bits per heavy atom. The summed E-state index contributed by atoms with van der Waals surface area (Å²) in [6, 6.07) is 0.0169. The molecule has 2 N–H and O–H groups in total. The van der Waals surface area contributed by atoms with Crippen molar-refractivity contribution in [2.24, 2.45) is 5.73 Å². The standard InChI is InChI=1S/C8H17NO4.Na/c1-7(9)6-13-5-4-12-3-2-8(10)11;/h7H,2-6,9H2,1H3,(H,10,11);/q;+1/p-1. The fourth-order valence-electron chi connectivity index (χ4n) is 0.645. The van der Waals surface area contributed by atoms with Crippen molar-refractivity contribution in [3.63, 3.8) is 0 Å². The molecule has 1 unspecified atom stereocenters. The Bertz CT molecular complexity index is 143. The van der Waals surface area contributed by atoms with Gasteiger partial charge in [0, 0.05) is 18.4 Å². The molecule has 5 nitrogen and oxygen atoms in total. The maximum absolute atomic E-state index is 9.94. The maximum Gasteiger partial charge on any atom is 1.00 e. The Labute approximate surface area is 106 Å². The summed E-state index contributed by atoms with van der Waals surface area (Å²) in [7, 11) is 0. The van der Waals surface area contributed by atoms with Crippen molar-refractivity contribution < 1.29 is 48.9 Å². The van der Waals surface area contributed by atoms with Crippen LogP contribution in [-0.4, -0.2) is 38.4 Å². The van der Waals surface area contributed by atoms with Crippen molar-refractivity contribution in [2.75, 3.05) is 26.4 Å². The summed E-state index contributed by atoms with van der Waals surface area (Å²) in [4.78, 5) is 9.94. The molecule has 0 spiro atoms. The minimum Gasteiger partial charge on any atom is -0.550 e. The van der Waals surface area contributed by atoms with Crippen LogP contribution in [0, 0.1) is 0 Å². The zero-order valence-electron chi connectivity index (χ0n) is 8.82. The monoisotopic (exact) mass is 213 g/mol. The predicted octanol–water partition coefficient (Wildman–Crippen LogP) is -4.49. The van der Waals surface area contributed by atoms with Gasteiger partial charge in [-0.05, 0) is 6.92 Å². The minimum absolute atomic E-state index is 0. The maximum atomic E-state index is 9.94. The summed E-state index contributed by atoms with van der Waals surface area (Å²) < 4.78 is 10.0. The van der Waals surface area contributed by atoms with Crippen molar-refractivity contribution in [3.05, 3.63) is 0 Å². The summed E-state index contributed by atoms with van der Waals surface area (Å²) in [6.45, 7) is 3.33. The zero-order valence-corrected chi connectivity index (χ0v) is 10.8. The average molecular weight is 213 g/mol. The number of carbonyl (C=O) groups excluding carboxylic acids is 1. The van der Waals surface area contributed by atoms with E-state index in [1.165, 1.54) is 0 Å². The van der Waals surface area contributed by atoms with Crippen molar-refractivity contribution >= 4 is 5.97 Å². The van der Waals surface area contributed by atoms with E-state index < -0.39 is 5.97 Å². The van der Waals surface area contributed by atoms with Gasteiger partial charge in [0.25, 0.3) is 0 Å². The molecule has 0 bridgehead atoms. The summed E-state index contributed by atoms with van der Waals surface area (Å²) in [5.74, 6) is -1.10. The van der Waals surface area contributed by atoms with Gasteiger partial charge in [0.05, 0.1) is 26.4 Å². The third-order valence-corrected chi connectivity index (χ3v) is 1.20. The molecule has 0 aliphatic rings. The van der Waals surface area contributed by atoms with E-state index in [0.717, 1.165) is 0 Å². The molecule has 0 radical (unpaired) electrons. The molecule has 0 aromatic heterocycles. The molecule has 1 atom stereocenters. The van der Waals surface area contributed by atoms with Gasteiger partial charge in [0.2, 0.25) is 0 Å². The molecule has 0 aliphatic heterocycles. The fourth-order valence-corrected chi connectivity index (χ4v) is 0.645. The Morgan fingerprint density at radius 2 is 1.93 bits per heavy atom. The van der Waals surface area contributed by atoms with E-state index >= 15 is 0 Å². The molecule has 0 saturated heterocycles. The van der Waals surface area contributed by atoms with Crippen molar-refractivity contribution in [2.45, 2.75) is 19.4 Å². The van der Waals surface area contributed by atoms with Gasteiger partial charge >= 0.3 is 29.6 Å². The molecule has 14 heavy (non-hydrogen) atoms. The van der Waals surface area contributed by atoms with Gasteiger partial charge < -0.3 is 25.1 Å². The van der Waals surface area contributed by atoms with Crippen LogP contribution in [0.5, 0.6) is 0 Å². The minimum atomic E-state index is -1.10. The van der Waals surface area contributed by atoms with Gasteiger partial charge in [-0.15, -0.1) is 0 Å². The average Bonchev–Trinajstić information content (AvgIpc) is 2.01. The first-order valence-corrected chi connectivity index (χ1v) is 4.24. The number of carbonyl (C=O) groups is 1. The first-order chi connectivity index (χ1) is 6.13. The van der Waals surface area contributed by atoms with Gasteiger partial charge in [0.15, 0.2) is 0 Å². The van der Waals surface area contributed by atoms with Crippen LogP contribution in [-0.2, 0) is 14.3 Å². The second-order valence-electron chi connectivity index (χ2n) is 2.79. The van der Waals surface area contributed by atoms with Crippen molar-refractivity contribution in [1.82, 2.24) is 0 Å². The Balaban J connectivity index is 0. The number of nitrogens with two attached hydrogens (primary N) is 1. The van der Waals surface area contributed by atoms with Crippen LogP contribution in [0.1, 0.15) is 13.3 Å². The number of hydrogen-bond donors (Lipinski definition) is 1. The first-order valence-electron chi connectivity index (χ1n) is 4.24. The number of rotatable bonds is 8.